The third-order valence-electron chi connectivity index (χ3n) is 2.74. The largest absolute Gasteiger partial charge is 0.207 e. The third kappa shape index (κ3) is 3.56. The molecule has 19 heavy (non-hydrogen) atoms. The van der Waals surface area contributed by atoms with Crippen molar-refractivity contribution in [2.75, 3.05) is 0 Å². The highest BCUT2D eigenvalue weighted by Gasteiger charge is 2.16. The van der Waals surface area contributed by atoms with E-state index in [0.717, 1.165) is 5.56 Å². The molecule has 0 saturated heterocycles. The number of hydrogen-bond acceptors (Lipinski definition) is 0. The monoisotopic (exact) mass is 408 g/mol. The van der Waals surface area contributed by atoms with Gasteiger partial charge in [0.25, 0.3) is 0 Å². The molecule has 2 aromatic carbocycles. The zero-order valence-corrected chi connectivity index (χ0v) is 13.6. The standard InChI is InChI=1S/C14H9Br2ClF2/c15-11-6-8(18)4-5-9(11)12(16)7-10-13(17)2-1-3-14(10)19/h1-6,12H,7H2. The minimum atomic E-state index is -0.338. The molecule has 0 aliphatic rings. The van der Waals surface area contributed by atoms with E-state index in [1.165, 1.54) is 18.2 Å². The van der Waals surface area contributed by atoms with Crippen molar-refractivity contribution in [3.05, 3.63) is 68.7 Å². The summed E-state index contributed by atoms with van der Waals surface area (Å²) in [7, 11) is 0. The zero-order valence-electron chi connectivity index (χ0n) is 9.64. The van der Waals surface area contributed by atoms with Gasteiger partial charge >= 0.3 is 0 Å². The van der Waals surface area contributed by atoms with Crippen LogP contribution in [0.3, 0.4) is 0 Å². The summed E-state index contributed by atoms with van der Waals surface area (Å²) in [5.41, 5.74) is 1.29. The fraction of sp³-hybridized carbons (Fsp3) is 0.143. The molecule has 2 rings (SSSR count). The lowest BCUT2D eigenvalue weighted by atomic mass is 10.0. The highest BCUT2D eigenvalue weighted by molar-refractivity contribution is 9.11. The van der Waals surface area contributed by atoms with E-state index in [1.54, 1.807) is 18.2 Å². The van der Waals surface area contributed by atoms with E-state index < -0.39 is 0 Å². The van der Waals surface area contributed by atoms with Gasteiger partial charge in [-0.3, -0.25) is 0 Å². The lowest BCUT2D eigenvalue weighted by molar-refractivity contribution is 0.607. The van der Waals surface area contributed by atoms with Crippen LogP contribution < -0.4 is 0 Å². The SMILES string of the molecule is Fc1ccc(C(Br)Cc2c(F)cccc2Cl)c(Br)c1. The fourth-order valence-corrected chi connectivity index (χ4v) is 3.67. The quantitative estimate of drug-likeness (QED) is 0.540. The summed E-state index contributed by atoms with van der Waals surface area (Å²) in [6.45, 7) is 0. The molecule has 0 bridgehead atoms. The summed E-state index contributed by atoms with van der Waals surface area (Å²) in [6.07, 6.45) is 0.385. The maximum absolute atomic E-state index is 13.7. The Kier molecular flexibility index (Phi) is 4.98. The lowest BCUT2D eigenvalue weighted by Crippen LogP contribution is -2.00. The van der Waals surface area contributed by atoms with Crippen LogP contribution in [0.2, 0.25) is 5.02 Å². The van der Waals surface area contributed by atoms with Gasteiger partial charge in [-0.05, 0) is 36.2 Å². The topological polar surface area (TPSA) is 0 Å². The molecular formula is C14H9Br2ClF2. The Bertz CT molecular complexity index is 582. The number of hydrogen-bond donors (Lipinski definition) is 0. The van der Waals surface area contributed by atoms with Crippen LogP contribution in [0, 0.1) is 11.6 Å². The Labute approximate surface area is 132 Å². The van der Waals surface area contributed by atoms with E-state index >= 15 is 0 Å². The maximum Gasteiger partial charge on any atom is 0.127 e. The molecule has 2 aromatic rings. The van der Waals surface area contributed by atoms with E-state index in [1.807, 2.05) is 0 Å². The van der Waals surface area contributed by atoms with Gasteiger partial charge in [-0.2, -0.15) is 0 Å². The second kappa shape index (κ2) is 6.33. The van der Waals surface area contributed by atoms with E-state index in [2.05, 4.69) is 31.9 Å². The summed E-state index contributed by atoms with van der Waals surface area (Å²) >= 11 is 12.8. The fourth-order valence-electron chi connectivity index (χ4n) is 1.77. The molecule has 0 fully saturated rings. The van der Waals surface area contributed by atoms with Gasteiger partial charge in [0, 0.05) is 19.9 Å². The van der Waals surface area contributed by atoms with Crippen molar-refractivity contribution in [1.29, 1.82) is 0 Å². The molecular weight excluding hydrogens is 401 g/mol. The first-order valence-electron chi connectivity index (χ1n) is 5.51. The first kappa shape index (κ1) is 14.9. The van der Waals surface area contributed by atoms with E-state index in [0.29, 0.717) is 21.5 Å². The predicted molar refractivity (Wildman–Crippen MR) is 80.9 cm³/mol. The van der Waals surface area contributed by atoms with Crippen molar-refractivity contribution in [1.82, 2.24) is 0 Å². The number of rotatable bonds is 3. The molecule has 0 aromatic heterocycles. The van der Waals surface area contributed by atoms with Crippen LogP contribution in [-0.2, 0) is 6.42 Å². The average molecular weight is 410 g/mol. The normalized spacial score (nSPS) is 12.5. The molecule has 0 radical (unpaired) electrons. The summed E-state index contributed by atoms with van der Waals surface area (Å²) < 4.78 is 27.4. The molecule has 0 amide bonds. The van der Waals surface area contributed by atoms with Crippen LogP contribution in [0.25, 0.3) is 0 Å². The van der Waals surface area contributed by atoms with Gasteiger partial charge in [0.1, 0.15) is 11.6 Å². The van der Waals surface area contributed by atoms with Crippen LogP contribution in [0.5, 0.6) is 0 Å². The first-order valence-corrected chi connectivity index (χ1v) is 7.59. The van der Waals surface area contributed by atoms with Crippen LogP contribution in [-0.4, -0.2) is 0 Å². The lowest BCUT2D eigenvalue weighted by Gasteiger charge is -2.14. The number of benzene rings is 2. The minimum Gasteiger partial charge on any atom is -0.207 e. The number of halogens is 5. The van der Waals surface area contributed by atoms with Gasteiger partial charge in [-0.25, -0.2) is 8.78 Å². The molecule has 0 N–H and O–H groups in total. The molecule has 0 nitrogen and oxygen atoms in total. The van der Waals surface area contributed by atoms with Crippen molar-refractivity contribution in [3.8, 4) is 0 Å². The van der Waals surface area contributed by atoms with Gasteiger partial charge in [-0.1, -0.05) is 55.6 Å². The van der Waals surface area contributed by atoms with Gasteiger partial charge in [0.2, 0.25) is 0 Å². The smallest absolute Gasteiger partial charge is 0.127 e. The third-order valence-corrected chi connectivity index (χ3v) is 4.60. The van der Waals surface area contributed by atoms with E-state index in [4.69, 9.17) is 11.6 Å². The first-order chi connectivity index (χ1) is 8.99. The summed E-state index contributed by atoms with van der Waals surface area (Å²) in [5.74, 6) is -0.658. The molecule has 1 atom stereocenters. The van der Waals surface area contributed by atoms with E-state index in [9.17, 15) is 8.78 Å². The van der Waals surface area contributed by atoms with Crippen molar-refractivity contribution in [2.24, 2.45) is 0 Å². The van der Waals surface area contributed by atoms with Crippen molar-refractivity contribution in [2.45, 2.75) is 11.2 Å². The van der Waals surface area contributed by atoms with Crippen molar-refractivity contribution < 1.29 is 8.78 Å². The maximum atomic E-state index is 13.7. The van der Waals surface area contributed by atoms with Gasteiger partial charge in [-0.15, -0.1) is 0 Å². The summed E-state index contributed by atoms with van der Waals surface area (Å²) in [5, 5.41) is 0.391. The van der Waals surface area contributed by atoms with Crippen LogP contribution in [0.4, 0.5) is 8.78 Å². The minimum absolute atomic E-state index is 0.156. The molecule has 5 heteroatoms. The highest BCUT2D eigenvalue weighted by Crippen LogP contribution is 2.35. The Morgan fingerprint density at radius 2 is 1.89 bits per heavy atom. The molecule has 0 heterocycles. The predicted octanol–water partition coefficient (Wildman–Crippen LogP) is 6.06. The molecule has 1 unspecified atom stereocenters. The molecule has 0 aliphatic carbocycles. The number of alkyl halides is 1. The van der Waals surface area contributed by atoms with Crippen molar-refractivity contribution >= 4 is 43.5 Å². The Balaban J connectivity index is 2.28. The molecule has 0 spiro atoms. The van der Waals surface area contributed by atoms with Gasteiger partial charge < -0.3 is 0 Å². The van der Waals surface area contributed by atoms with Gasteiger partial charge in [0.05, 0.1) is 0 Å². The Morgan fingerprint density at radius 3 is 2.53 bits per heavy atom. The second-order valence-corrected chi connectivity index (χ2v) is 6.40. The van der Waals surface area contributed by atoms with Crippen molar-refractivity contribution in [3.63, 3.8) is 0 Å². The highest BCUT2D eigenvalue weighted by atomic mass is 79.9. The van der Waals surface area contributed by atoms with Gasteiger partial charge in [0.15, 0.2) is 0 Å². The van der Waals surface area contributed by atoms with E-state index in [-0.39, 0.29) is 16.5 Å². The Morgan fingerprint density at radius 1 is 1.16 bits per heavy atom. The van der Waals surface area contributed by atoms with Crippen LogP contribution >= 0.6 is 43.5 Å². The zero-order chi connectivity index (χ0) is 14.0. The van der Waals surface area contributed by atoms with Crippen LogP contribution in [0.15, 0.2) is 40.9 Å². The molecule has 0 saturated carbocycles. The Hall–Kier alpha value is -0.450. The summed E-state index contributed by atoms with van der Waals surface area (Å²) in [4.78, 5) is -0.156. The van der Waals surface area contributed by atoms with Crippen LogP contribution in [0.1, 0.15) is 16.0 Å². The molecule has 0 aliphatic heterocycles. The second-order valence-electron chi connectivity index (χ2n) is 4.04. The summed E-state index contributed by atoms with van der Waals surface area (Å²) in [6, 6.07) is 9.01. The molecule has 100 valence electrons. The average Bonchev–Trinajstić information content (AvgIpc) is 2.33.